The topological polar surface area (TPSA) is 78.1 Å². The number of aryl methyl sites for hydroxylation is 1. The number of pyridine rings is 1. The number of phenolic OH excluding ortho intramolecular Hbond substituents is 2. The summed E-state index contributed by atoms with van der Waals surface area (Å²) in [7, 11) is 0. The highest BCUT2D eigenvalue weighted by molar-refractivity contribution is 5.53. The summed E-state index contributed by atoms with van der Waals surface area (Å²) < 4.78 is 0. The van der Waals surface area contributed by atoms with E-state index < -0.39 is 0 Å². The molecular weight excluding hydrogens is 398 g/mol. The van der Waals surface area contributed by atoms with E-state index in [2.05, 4.69) is 22.1 Å². The Morgan fingerprint density at radius 3 is 1.88 bits per heavy atom. The predicted octanol–water partition coefficient (Wildman–Crippen LogP) is 8.93. The van der Waals surface area contributed by atoms with E-state index in [1.165, 1.54) is 114 Å². The molecule has 32 heavy (non-hydrogen) atoms. The fourth-order valence-corrected chi connectivity index (χ4v) is 3.90. The van der Waals surface area contributed by atoms with Gasteiger partial charge in [0.2, 0.25) is 0 Å². The van der Waals surface area contributed by atoms with Crippen molar-refractivity contribution < 1.29 is 10.2 Å². The molecule has 5 nitrogen and oxygen atoms in total. The Labute approximate surface area is 194 Å². The first kappa shape index (κ1) is 25.8. The molecule has 0 spiro atoms. The lowest BCUT2D eigenvalue weighted by molar-refractivity contribution is 0.451. The van der Waals surface area contributed by atoms with Crippen LogP contribution >= 0.6 is 0 Å². The summed E-state index contributed by atoms with van der Waals surface area (Å²) in [5, 5.41) is 27.3. The van der Waals surface area contributed by atoms with Crippen LogP contribution in [0.2, 0.25) is 0 Å². The minimum atomic E-state index is -0.104. The van der Waals surface area contributed by atoms with Gasteiger partial charge in [-0.2, -0.15) is 0 Å². The van der Waals surface area contributed by atoms with Gasteiger partial charge in [-0.1, -0.05) is 90.4 Å². The van der Waals surface area contributed by atoms with E-state index in [4.69, 9.17) is 0 Å². The molecule has 0 unspecified atom stereocenters. The van der Waals surface area contributed by atoms with Crippen molar-refractivity contribution in [3.05, 3.63) is 42.1 Å². The number of aromatic nitrogens is 1. The molecule has 2 rings (SSSR count). The highest BCUT2D eigenvalue weighted by Crippen LogP contribution is 2.31. The summed E-state index contributed by atoms with van der Waals surface area (Å²) in [5.74, 6) is 0.419. The summed E-state index contributed by atoms with van der Waals surface area (Å²) >= 11 is 0. The minimum Gasteiger partial charge on any atom is -0.508 e. The second-order valence-electron chi connectivity index (χ2n) is 8.74. The van der Waals surface area contributed by atoms with Crippen LogP contribution in [0, 0.1) is 0 Å². The second kappa shape index (κ2) is 16.2. The molecule has 2 aromatic rings. The molecule has 0 amide bonds. The maximum Gasteiger partial charge on any atom is 0.174 e. The number of benzene rings is 1. The van der Waals surface area contributed by atoms with Gasteiger partial charge >= 0.3 is 0 Å². The zero-order valence-electron chi connectivity index (χ0n) is 19.8. The Kier molecular flexibility index (Phi) is 13.1. The molecule has 1 heterocycles. The van der Waals surface area contributed by atoms with Crippen molar-refractivity contribution in [3.63, 3.8) is 0 Å². The molecule has 0 fully saturated rings. The van der Waals surface area contributed by atoms with Crippen molar-refractivity contribution in [1.29, 1.82) is 0 Å². The normalized spacial score (nSPS) is 11.4. The first-order chi connectivity index (χ1) is 15.7. The standard InChI is InChI=1S/C27H41N3O2/c1-2-3-4-5-6-7-8-9-10-11-12-13-14-15-16-23-19-20-28-27(21-23)30-29-25-18-17-24(31)22-26(25)32/h17-22,31-32H,2-16H2,1H3. The lowest BCUT2D eigenvalue weighted by Gasteiger charge is -2.04. The number of rotatable bonds is 17. The van der Waals surface area contributed by atoms with Crippen LogP contribution in [0.3, 0.4) is 0 Å². The largest absolute Gasteiger partial charge is 0.508 e. The first-order valence-corrected chi connectivity index (χ1v) is 12.6. The second-order valence-corrected chi connectivity index (χ2v) is 8.74. The molecule has 0 saturated carbocycles. The molecule has 2 N–H and O–H groups in total. The van der Waals surface area contributed by atoms with Gasteiger partial charge in [-0.05, 0) is 42.7 Å². The van der Waals surface area contributed by atoms with E-state index in [1.807, 2.05) is 12.1 Å². The van der Waals surface area contributed by atoms with Crippen LogP contribution in [-0.2, 0) is 6.42 Å². The average Bonchev–Trinajstić information content (AvgIpc) is 2.79. The molecule has 0 aliphatic rings. The maximum absolute atomic E-state index is 9.78. The minimum absolute atomic E-state index is 0.00487. The highest BCUT2D eigenvalue weighted by Gasteiger charge is 2.02. The molecule has 176 valence electrons. The summed E-state index contributed by atoms with van der Waals surface area (Å²) in [6.45, 7) is 2.28. The van der Waals surface area contributed by atoms with Crippen LogP contribution in [-0.4, -0.2) is 15.2 Å². The lowest BCUT2D eigenvalue weighted by Crippen LogP contribution is -1.87. The molecular formula is C27H41N3O2. The monoisotopic (exact) mass is 439 g/mol. The predicted molar refractivity (Wildman–Crippen MR) is 132 cm³/mol. The van der Waals surface area contributed by atoms with Gasteiger partial charge in [0.25, 0.3) is 0 Å². The Balaban J connectivity index is 1.53. The Hall–Kier alpha value is -2.43. The van der Waals surface area contributed by atoms with Crippen molar-refractivity contribution in [2.45, 2.75) is 103 Å². The van der Waals surface area contributed by atoms with Crippen LogP contribution in [0.25, 0.3) is 0 Å². The molecule has 0 aliphatic heterocycles. The molecule has 1 aromatic heterocycles. The van der Waals surface area contributed by atoms with E-state index in [9.17, 15) is 10.2 Å². The summed E-state index contributed by atoms with van der Waals surface area (Å²) in [4.78, 5) is 4.23. The Morgan fingerprint density at radius 2 is 1.28 bits per heavy atom. The van der Waals surface area contributed by atoms with Gasteiger partial charge in [0.1, 0.15) is 17.2 Å². The molecule has 0 atom stereocenters. The molecule has 0 saturated heterocycles. The van der Waals surface area contributed by atoms with Crippen molar-refractivity contribution in [3.8, 4) is 11.5 Å². The van der Waals surface area contributed by atoms with Gasteiger partial charge in [-0.3, -0.25) is 0 Å². The smallest absolute Gasteiger partial charge is 0.174 e. The van der Waals surface area contributed by atoms with Crippen molar-refractivity contribution in [1.82, 2.24) is 4.98 Å². The van der Waals surface area contributed by atoms with Crippen LogP contribution in [0.1, 0.15) is 102 Å². The molecule has 5 heteroatoms. The zero-order valence-corrected chi connectivity index (χ0v) is 19.8. The van der Waals surface area contributed by atoms with Crippen LogP contribution in [0.15, 0.2) is 46.8 Å². The van der Waals surface area contributed by atoms with Gasteiger partial charge in [0, 0.05) is 12.3 Å². The number of unbranched alkanes of at least 4 members (excludes halogenated alkanes) is 13. The quantitative estimate of drug-likeness (QED) is 0.191. The third-order valence-electron chi connectivity index (χ3n) is 5.85. The fraction of sp³-hybridized carbons (Fsp3) is 0.593. The summed E-state index contributed by atoms with van der Waals surface area (Å²) in [5.41, 5.74) is 1.52. The van der Waals surface area contributed by atoms with Crippen LogP contribution in [0.4, 0.5) is 11.5 Å². The molecule has 0 radical (unpaired) electrons. The van der Waals surface area contributed by atoms with Crippen LogP contribution in [0.5, 0.6) is 11.5 Å². The Morgan fingerprint density at radius 1 is 0.688 bits per heavy atom. The average molecular weight is 440 g/mol. The van der Waals surface area contributed by atoms with Crippen molar-refractivity contribution >= 4 is 11.5 Å². The number of azo groups is 1. The van der Waals surface area contributed by atoms with E-state index in [0.717, 1.165) is 6.42 Å². The number of hydrogen-bond acceptors (Lipinski definition) is 5. The summed E-state index contributed by atoms with van der Waals surface area (Å²) in [6, 6.07) is 8.20. The van der Waals surface area contributed by atoms with E-state index in [1.54, 1.807) is 6.20 Å². The van der Waals surface area contributed by atoms with Gasteiger partial charge in [-0.15, -0.1) is 10.2 Å². The first-order valence-electron chi connectivity index (χ1n) is 12.6. The van der Waals surface area contributed by atoms with Gasteiger partial charge in [-0.25, -0.2) is 4.98 Å². The summed E-state index contributed by atoms with van der Waals surface area (Å²) in [6.07, 6.45) is 21.9. The van der Waals surface area contributed by atoms with Crippen molar-refractivity contribution in [2.75, 3.05) is 0 Å². The zero-order chi connectivity index (χ0) is 22.9. The lowest BCUT2D eigenvalue weighted by atomic mass is 10.0. The fourth-order valence-electron chi connectivity index (χ4n) is 3.90. The van der Waals surface area contributed by atoms with E-state index in [-0.39, 0.29) is 11.5 Å². The van der Waals surface area contributed by atoms with Crippen LogP contribution < -0.4 is 0 Å². The third-order valence-corrected chi connectivity index (χ3v) is 5.85. The number of phenols is 2. The van der Waals surface area contributed by atoms with Gasteiger partial charge in [0.05, 0.1) is 0 Å². The van der Waals surface area contributed by atoms with E-state index >= 15 is 0 Å². The SMILES string of the molecule is CCCCCCCCCCCCCCCCc1ccnc(N=Nc2ccc(O)cc2O)c1. The van der Waals surface area contributed by atoms with Crippen molar-refractivity contribution in [2.24, 2.45) is 10.2 Å². The maximum atomic E-state index is 9.78. The molecule has 1 aromatic carbocycles. The highest BCUT2D eigenvalue weighted by atomic mass is 16.3. The van der Waals surface area contributed by atoms with Gasteiger partial charge in [0.15, 0.2) is 5.82 Å². The molecule has 0 bridgehead atoms. The van der Waals surface area contributed by atoms with Gasteiger partial charge < -0.3 is 10.2 Å². The third kappa shape index (κ3) is 11.3. The van der Waals surface area contributed by atoms with E-state index in [0.29, 0.717) is 11.5 Å². The molecule has 0 aliphatic carbocycles. The Bertz CT molecular complexity index is 792. The number of aromatic hydroxyl groups is 2. The number of hydrogen-bond donors (Lipinski definition) is 2. The number of nitrogens with zero attached hydrogens (tertiary/aromatic N) is 3.